The summed E-state index contributed by atoms with van der Waals surface area (Å²) in [6, 6.07) is 4.95. The van der Waals surface area contributed by atoms with Crippen LogP contribution in [0.5, 0.6) is 5.75 Å². The molecule has 0 aliphatic carbocycles. The number of benzene rings is 1. The van der Waals surface area contributed by atoms with Crippen LogP contribution >= 0.6 is 0 Å². The van der Waals surface area contributed by atoms with Crippen molar-refractivity contribution < 1.29 is 19.1 Å². The van der Waals surface area contributed by atoms with Crippen molar-refractivity contribution >= 4 is 17.7 Å². The van der Waals surface area contributed by atoms with Crippen LogP contribution in [-0.2, 0) is 16.1 Å². The zero-order valence-electron chi connectivity index (χ0n) is 15.5. The molecule has 3 amide bonds. The van der Waals surface area contributed by atoms with Crippen LogP contribution in [0.3, 0.4) is 0 Å². The summed E-state index contributed by atoms with van der Waals surface area (Å²) in [4.78, 5) is 40.1. The maximum absolute atomic E-state index is 12.8. The van der Waals surface area contributed by atoms with Gasteiger partial charge in [0, 0.05) is 31.6 Å². The number of fused-ring (bicyclic) bond motifs is 1. The van der Waals surface area contributed by atoms with E-state index in [0.29, 0.717) is 30.4 Å². The molecule has 1 aromatic carbocycles. The first-order valence-electron chi connectivity index (χ1n) is 9.32. The number of likely N-dealkylation sites (tertiary alicyclic amines) is 1. The van der Waals surface area contributed by atoms with E-state index in [0.717, 1.165) is 18.7 Å². The molecule has 4 rings (SSSR count). The van der Waals surface area contributed by atoms with Gasteiger partial charge in [-0.25, -0.2) is 0 Å². The molecule has 2 atom stereocenters. The van der Waals surface area contributed by atoms with Gasteiger partial charge in [0.2, 0.25) is 11.8 Å². The Hall–Kier alpha value is -2.45. The summed E-state index contributed by atoms with van der Waals surface area (Å²) < 4.78 is 6.00. The maximum Gasteiger partial charge on any atom is 0.255 e. The summed E-state index contributed by atoms with van der Waals surface area (Å²) in [5.41, 5.74) is 1.47. The minimum absolute atomic E-state index is 0.113. The second-order valence-corrected chi connectivity index (χ2v) is 7.38. The number of nitrogens with zero attached hydrogens (tertiary/aromatic N) is 2. The molecular weight excluding hydrogens is 348 g/mol. The van der Waals surface area contributed by atoms with E-state index in [2.05, 4.69) is 22.5 Å². The van der Waals surface area contributed by atoms with E-state index in [9.17, 15) is 14.4 Å². The van der Waals surface area contributed by atoms with Crippen LogP contribution in [0.1, 0.15) is 35.7 Å². The topological polar surface area (TPSA) is 91.0 Å². The van der Waals surface area contributed by atoms with Crippen molar-refractivity contribution in [1.82, 2.24) is 20.4 Å². The van der Waals surface area contributed by atoms with E-state index in [1.54, 1.807) is 11.0 Å². The fourth-order valence-corrected chi connectivity index (χ4v) is 3.84. The smallest absolute Gasteiger partial charge is 0.255 e. The molecular formula is C19H24N4O4. The molecule has 8 heteroatoms. The summed E-state index contributed by atoms with van der Waals surface area (Å²) in [5.74, 6) is -0.173. The zero-order chi connectivity index (χ0) is 19.1. The van der Waals surface area contributed by atoms with Crippen LogP contribution < -0.4 is 15.4 Å². The Bertz CT molecular complexity index is 790. The predicted molar refractivity (Wildman–Crippen MR) is 97.0 cm³/mol. The van der Waals surface area contributed by atoms with Gasteiger partial charge < -0.3 is 15.0 Å². The van der Waals surface area contributed by atoms with Crippen LogP contribution in [0.4, 0.5) is 0 Å². The number of amides is 3. The van der Waals surface area contributed by atoms with Gasteiger partial charge in [-0.1, -0.05) is 6.07 Å². The molecule has 1 aromatic rings. The Morgan fingerprint density at radius 1 is 1.26 bits per heavy atom. The Morgan fingerprint density at radius 2 is 2.04 bits per heavy atom. The summed E-state index contributed by atoms with van der Waals surface area (Å²) >= 11 is 0. The molecule has 0 spiro atoms. The van der Waals surface area contributed by atoms with Gasteiger partial charge in [-0.05, 0) is 38.1 Å². The number of hydrogen-bond acceptors (Lipinski definition) is 6. The fourth-order valence-electron chi connectivity index (χ4n) is 3.84. The quantitative estimate of drug-likeness (QED) is 0.711. The Labute approximate surface area is 157 Å². The summed E-state index contributed by atoms with van der Waals surface area (Å²) in [5, 5.41) is 5.52. The Kier molecular flexibility index (Phi) is 4.61. The highest BCUT2D eigenvalue weighted by atomic mass is 16.5. The molecule has 0 bridgehead atoms. The normalized spacial score (nSPS) is 24.4. The number of ether oxygens (including phenoxy) is 1. The average Bonchev–Trinajstić information content (AvgIpc) is 2.93. The van der Waals surface area contributed by atoms with Gasteiger partial charge in [-0.2, -0.15) is 0 Å². The molecule has 8 nitrogen and oxygen atoms in total. The Balaban J connectivity index is 1.41. The minimum atomic E-state index is -0.588. The Morgan fingerprint density at radius 3 is 2.74 bits per heavy atom. The molecule has 3 aliphatic heterocycles. The zero-order valence-corrected chi connectivity index (χ0v) is 15.5. The molecule has 0 aromatic heterocycles. The molecule has 3 heterocycles. The van der Waals surface area contributed by atoms with Gasteiger partial charge >= 0.3 is 0 Å². The van der Waals surface area contributed by atoms with Crippen molar-refractivity contribution in [2.45, 2.75) is 44.6 Å². The monoisotopic (exact) mass is 372 g/mol. The van der Waals surface area contributed by atoms with Crippen LogP contribution in [0.25, 0.3) is 0 Å². The number of carbonyl (C=O) groups excluding carboxylic acids is 3. The lowest BCUT2D eigenvalue weighted by Gasteiger charge is -2.42. The summed E-state index contributed by atoms with van der Waals surface area (Å²) in [6.45, 7) is 4.18. The van der Waals surface area contributed by atoms with Crippen molar-refractivity contribution in [2.75, 3.05) is 20.1 Å². The van der Waals surface area contributed by atoms with E-state index >= 15 is 0 Å². The highest BCUT2D eigenvalue weighted by Gasteiger charge is 2.39. The van der Waals surface area contributed by atoms with Crippen LogP contribution in [0, 0.1) is 0 Å². The van der Waals surface area contributed by atoms with E-state index in [-0.39, 0.29) is 24.3 Å². The molecule has 27 heavy (non-hydrogen) atoms. The van der Waals surface area contributed by atoms with Crippen LogP contribution in [0.2, 0.25) is 0 Å². The lowest BCUT2D eigenvalue weighted by molar-refractivity contribution is -0.136. The lowest BCUT2D eigenvalue weighted by atomic mass is 10.0. The fraction of sp³-hybridized carbons (Fsp3) is 0.526. The largest absolute Gasteiger partial charge is 0.488 e. The van der Waals surface area contributed by atoms with Crippen molar-refractivity contribution in [2.24, 2.45) is 0 Å². The van der Waals surface area contributed by atoms with E-state index < -0.39 is 11.9 Å². The molecule has 144 valence electrons. The molecule has 0 radical (unpaired) electrons. The number of nitrogens with one attached hydrogen (secondary N) is 2. The third kappa shape index (κ3) is 3.30. The number of carbonyl (C=O) groups is 3. The molecule has 2 N–H and O–H groups in total. The third-order valence-corrected chi connectivity index (χ3v) is 5.64. The standard InChI is InChI=1S/C19H24N4O4/c1-11(20-2)22-9-14(10-22)27-13-4-3-12-8-23(19(26)15(12)7-13)16-5-6-17(24)21-18(16)25/h3-4,7,11,14,16,20H,5-6,8-10H2,1-2H3,(H,21,24,25). The number of piperidine rings is 1. The predicted octanol–water partition coefficient (Wildman–Crippen LogP) is 0.0760. The first kappa shape index (κ1) is 17.9. The van der Waals surface area contributed by atoms with Gasteiger partial charge in [-0.15, -0.1) is 0 Å². The number of imide groups is 1. The second kappa shape index (κ2) is 6.94. The third-order valence-electron chi connectivity index (χ3n) is 5.64. The molecule has 3 aliphatic rings. The highest BCUT2D eigenvalue weighted by molar-refractivity contribution is 6.05. The summed E-state index contributed by atoms with van der Waals surface area (Å²) in [7, 11) is 1.93. The minimum Gasteiger partial charge on any atom is -0.488 e. The van der Waals surface area contributed by atoms with Crippen LogP contribution in [-0.4, -0.2) is 66.0 Å². The second-order valence-electron chi connectivity index (χ2n) is 7.38. The van der Waals surface area contributed by atoms with E-state index in [4.69, 9.17) is 4.74 Å². The number of rotatable bonds is 5. The van der Waals surface area contributed by atoms with Crippen molar-refractivity contribution in [3.63, 3.8) is 0 Å². The highest BCUT2D eigenvalue weighted by Crippen LogP contribution is 2.31. The van der Waals surface area contributed by atoms with E-state index in [1.807, 2.05) is 19.2 Å². The van der Waals surface area contributed by atoms with Gasteiger partial charge in [0.1, 0.15) is 17.9 Å². The van der Waals surface area contributed by atoms with Crippen LogP contribution in [0.15, 0.2) is 18.2 Å². The summed E-state index contributed by atoms with van der Waals surface area (Å²) in [6.07, 6.45) is 1.05. The first-order chi connectivity index (χ1) is 13.0. The SMILES string of the molecule is CNC(C)N1CC(Oc2ccc3c(c2)C(=O)N(C2CCC(=O)NC2=O)C3)C1. The van der Waals surface area contributed by atoms with Gasteiger partial charge in [0.05, 0.1) is 6.17 Å². The van der Waals surface area contributed by atoms with Crippen molar-refractivity contribution in [3.8, 4) is 5.75 Å². The molecule has 2 unspecified atom stereocenters. The average molecular weight is 372 g/mol. The van der Waals surface area contributed by atoms with Gasteiger partial charge in [0.25, 0.3) is 5.91 Å². The molecule has 0 saturated carbocycles. The first-order valence-corrected chi connectivity index (χ1v) is 9.32. The van der Waals surface area contributed by atoms with Gasteiger partial charge in [0.15, 0.2) is 0 Å². The maximum atomic E-state index is 12.8. The molecule has 2 saturated heterocycles. The van der Waals surface area contributed by atoms with E-state index in [1.165, 1.54) is 0 Å². The van der Waals surface area contributed by atoms with Crippen molar-refractivity contribution in [1.29, 1.82) is 0 Å². The molecule has 2 fully saturated rings. The number of hydrogen-bond donors (Lipinski definition) is 2. The lowest BCUT2D eigenvalue weighted by Crippen LogP contribution is -2.60. The van der Waals surface area contributed by atoms with Gasteiger partial charge in [-0.3, -0.25) is 24.6 Å². The van der Waals surface area contributed by atoms with Crippen molar-refractivity contribution in [3.05, 3.63) is 29.3 Å².